The molecule has 0 spiro atoms. The first-order valence-corrected chi connectivity index (χ1v) is 15.9. The van der Waals surface area contributed by atoms with E-state index in [2.05, 4.69) is 21.2 Å². The van der Waals surface area contributed by atoms with Crippen molar-refractivity contribution in [2.45, 2.75) is 62.9 Å². The predicted octanol–water partition coefficient (Wildman–Crippen LogP) is 5.47. The van der Waals surface area contributed by atoms with Crippen LogP contribution in [0.2, 0.25) is 0 Å². The Balaban J connectivity index is 1.63. The smallest absolute Gasteiger partial charge is 0.264 e. The average Bonchev–Trinajstić information content (AvgIpc) is 3.46. The average molecular weight is 627 g/mol. The molecule has 4 rings (SSSR count). The fourth-order valence-corrected chi connectivity index (χ4v) is 6.61. The van der Waals surface area contributed by atoms with Gasteiger partial charge in [0.05, 0.1) is 10.6 Å². The van der Waals surface area contributed by atoms with Crippen LogP contribution in [-0.2, 0) is 26.0 Å². The lowest BCUT2D eigenvalue weighted by molar-refractivity contribution is -0.139. The van der Waals surface area contributed by atoms with Gasteiger partial charge in [0.15, 0.2) is 0 Å². The molecule has 7 nitrogen and oxygen atoms in total. The van der Waals surface area contributed by atoms with Crippen LogP contribution in [0.3, 0.4) is 0 Å². The SMILES string of the molecule is Cc1ccc(S(=O)(=O)N(CC(=O)N(CCc2ccccc2)[C@@H](C)C(=O)NC2CCCC2)c2ccc(Br)cc2)cc1. The van der Waals surface area contributed by atoms with Gasteiger partial charge in [-0.05, 0) is 75.1 Å². The van der Waals surface area contributed by atoms with Crippen LogP contribution in [0.15, 0.2) is 88.2 Å². The minimum absolute atomic E-state index is 0.0941. The number of nitrogens with one attached hydrogen (secondary N) is 1. The maximum absolute atomic E-state index is 14.0. The summed E-state index contributed by atoms with van der Waals surface area (Å²) in [5.41, 5.74) is 2.32. The summed E-state index contributed by atoms with van der Waals surface area (Å²) in [7, 11) is -4.07. The van der Waals surface area contributed by atoms with E-state index < -0.39 is 28.5 Å². The van der Waals surface area contributed by atoms with Crippen LogP contribution in [0.1, 0.15) is 43.7 Å². The Morgan fingerprint density at radius 1 is 0.950 bits per heavy atom. The Morgan fingerprint density at radius 2 is 1.57 bits per heavy atom. The van der Waals surface area contributed by atoms with Crippen LogP contribution in [0, 0.1) is 6.92 Å². The zero-order valence-corrected chi connectivity index (χ0v) is 25.3. The molecular weight excluding hydrogens is 590 g/mol. The Kier molecular flexibility index (Phi) is 10.0. The van der Waals surface area contributed by atoms with E-state index in [0.29, 0.717) is 12.1 Å². The molecule has 1 N–H and O–H groups in total. The van der Waals surface area contributed by atoms with Gasteiger partial charge >= 0.3 is 0 Å². The first-order chi connectivity index (χ1) is 19.1. The van der Waals surface area contributed by atoms with E-state index in [1.165, 1.54) is 4.90 Å². The number of hydrogen-bond acceptors (Lipinski definition) is 4. The van der Waals surface area contributed by atoms with E-state index in [1.807, 2.05) is 37.3 Å². The van der Waals surface area contributed by atoms with Crippen LogP contribution in [0.25, 0.3) is 0 Å². The molecule has 0 saturated heterocycles. The zero-order valence-electron chi connectivity index (χ0n) is 22.9. The highest BCUT2D eigenvalue weighted by molar-refractivity contribution is 9.10. The number of nitrogens with zero attached hydrogens (tertiary/aromatic N) is 2. The summed E-state index contributed by atoms with van der Waals surface area (Å²) in [4.78, 5) is 28.8. The zero-order chi connectivity index (χ0) is 28.7. The Bertz CT molecular complexity index is 1390. The fraction of sp³-hybridized carbons (Fsp3) is 0.355. The van der Waals surface area contributed by atoms with Gasteiger partial charge in [-0.15, -0.1) is 0 Å². The van der Waals surface area contributed by atoms with Crippen molar-refractivity contribution in [1.29, 1.82) is 0 Å². The normalized spacial score (nSPS) is 14.5. The van der Waals surface area contributed by atoms with E-state index in [9.17, 15) is 18.0 Å². The summed E-state index contributed by atoms with van der Waals surface area (Å²) in [6.45, 7) is 3.44. The van der Waals surface area contributed by atoms with Crippen molar-refractivity contribution in [2.24, 2.45) is 0 Å². The maximum atomic E-state index is 14.0. The molecule has 0 aliphatic heterocycles. The molecule has 0 aromatic heterocycles. The first kappa shape index (κ1) is 29.8. The fourth-order valence-electron chi connectivity index (χ4n) is 4.94. The molecule has 0 radical (unpaired) electrons. The van der Waals surface area contributed by atoms with Gasteiger partial charge in [-0.1, -0.05) is 76.8 Å². The van der Waals surface area contributed by atoms with Gasteiger partial charge in [0.2, 0.25) is 11.8 Å². The van der Waals surface area contributed by atoms with Crippen molar-refractivity contribution in [3.8, 4) is 0 Å². The highest BCUT2D eigenvalue weighted by Crippen LogP contribution is 2.26. The van der Waals surface area contributed by atoms with Crippen LogP contribution < -0.4 is 9.62 Å². The number of anilines is 1. The second kappa shape index (κ2) is 13.5. The summed E-state index contributed by atoms with van der Waals surface area (Å²) in [5.74, 6) is -0.659. The number of carbonyl (C=O) groups is 2. The Hall–Kier alpha value is -3.17. The van der Waals surface area contributed by atoms with Crippen molar-refractivity contribution in [2.75, 3.05) is 17.4 Å². The molecule has 1 aliphatic rings. The molecule has 212 valence electrons. The molecule has 1 atom stereocenters. The number of benzene rings is 3. The van der Waals surface area contributed by atoms with Crippen molar-refractivity contribution >= 4 is 43.5 Å². The maximum Gasteiger partial charge on any atom is 0.264 e. The topological polar surface area (TPSA) is 86.8 Å². The van der Waals surface area contributed by atoms with Gasteiger partial charge in [-0.2, -0.15) is 0 Å². The highest BCUT2D eigenvalue weighted by Gasteiger charge is 2.33. The van der Waals surface area contributed by atoms with E-state index in [4.69, 9.17) is 0 Å². The minimum Gasteiger partial charge on any atom is -0.352 e. The molecule has 0 heterocycles. The number of hydrogen-bond donors (Lipinski definition) is 1. The number of amides is 2. The highest BCUT2D eigenvalue weighted by atomic mass is 79.9. The van der Waals surface area contributed by atoms with Gasteiger partial charge < -0.3 is 10.2 Å². The van der Waals surface area contributed by atoms with Crippen molar-refractivity contribution < 1.29 is 18.0 Å². The molecule has 40 heavy (non-hydrogen) atoms. The Morgan fingerprint density at radius 3 is 2.20 bits per heavy atom. The second-order valence-corrected chi connectivity index (χ2v) is 13.1. The molecule has 3 aromatic rings. The van der Waals surface area contributed by atoms with Crippen molar-refractivity contribution in [3.63, 3.8) is 0 Å². The quantitative estimate of drug-likeness (QED) is 0.306. The van der Waals surface area contributed by atoms with Crippen molar-refractivity contribution in [1.82, 2.24) is 10.2 Å². The third-order valence-corrected chi connectivity index (χ3v) is 9.67. The molecule has 0 unspecified atom stereocenters. The van der Waals surface area contributed by atoms with Crippen molar-refractivity contribution in [3.05, 3.63) is 94.5 Å². The lowest BCUT2D eigenvalue weighted by atomic mass is 10.1. The van der Waals surface area contributed by atoms with Crippen LogP contribution >= 0.6 is 15.9 Å². The third-order valence-electron chi connectivity index (χ3n) is 7.36. The lowest BCUT2D eigenvalue weighted by Gasteiger charge is -2.32. The van der Waals surface area contributed by atoms with E-state index in [-0.39, 0.29) is 23.4 Å². The van der Waals surface area contributed by atoms with E-state index >= 15 is 0 Å². The number of halogens is 1. The summed E-state index contributed by atoms with van der Waals surface area (Å²) in [6.07, 6.45) is 4.56. The van der Waals surface area contributed by atoms with Crippen LogP contribution in [0.5, 0.6) is 0 Å². The number of sulfonamides is 1. The summed E-state index contributed by atoms with van der Waals surface area (Å²) in [6, 6.07) is 22.4. The minimum atomic E-state index is -4.07. The molecule has 3 aromatic carbocycles. The van der Waals surface area contributed by atoms with Gasteiger partial charge in [0.25, 0.3) is 10.0 Å². The first-order valence-electron chi connectivity index (χ1n) is 13.6. The summed E-state index contributed by atoms with van der Waals surface area (Å²) in [5, 5.41) is 3.09. The molecule has 2 amide bonds. The van der Waals surface area contributed by atoms with Crippen LogP contribution in [0.4, 0.5) is 5.69 Å². The van der Waals surface area contributed by atoms with Gasteiger partial charge in [0.1, 0.15) is 12.6 Å². The largest absolute Gasteiger partial charge is 0.352 e. The van der Waals surface area contributed by atoms with E-state index in [0.717, 1.165) is 45.6 Å². The molecular formula is C31H36BrN3O4S. The van der Waals surface area contributed by atoms with Gasteiger partial charge in [-0.3, -0.25) is 13.9 Å². The molecule has 1 fully saturated rings. The molecule has 1 saturated carbocycles. The monoisotopic (exact) mass is 625 g/mol. The molecule has 1 aliphatic carbocycles. The van der Waals surface area contributed by atoms with E-state index in [1.54, 1.807) is 55.5 Å². The Labute approximate surface area is 245 Å². The van der Waals surface area contributed by atoms with Gasteiger partial charge in [-0.25, -0.2) is 8.42 Å². The number of rotatable bonds is 11. The second-order valence-electron chi connectivity index (χ2n) is 10.3. The standard InChI is InChI=1S/C31H36BrN3O4S/c1-23-12-18-29(19-13-23)40(38,39)35(28-16-14-26(32)15-17-28)22-30(36)34(21-20-25-8-4-3-5-9-25)24(2)31(37)33-27-10-6-7-11-27/h3-5,8-9,12-19,24,27H,6-7,10-11,20-22H2,1-2H3,(H,33,37)/t24-/m0/s1. The number of carbonyl (C=O) groups excluding carboxylic acids is 2. The van der Waals surface area contributed by atoms with Gasteiger partial charge in [0, 0.05) is 17.1 Å². The molecule has 9 heteroatoms. The summed E-state index contributed by atoms with van der Waals surface area (Å²) >= 11 is 3.40. The lowest BCUT2D eigenvalue weighted by Crippen LogP contribution is -2.53. The summed E-state index contributed by atoms with van der Waals surface area (Å²) < 4.78 is 29.6. The third kappa shape index (κ3) is 7.52. The van der Waals surface area contributed by atoms with Crippen LogP contribution in [-0.4, -0.2) is 50.3 Å². The molecule has 0 bridgehead atoms. The predicted molar refractivity (Wildman–Crippen MR) is 162 cm³/mol. The number of aryl methyl sites for hydroxylation is 1.